The summed E-state index contributed by atoms with van der Waals surface area (Å²) in [4.78, 5) is 4.19. The Kier molecular flexibility index (Phi) is 4.90. The summed E-state index contributed by atoms with van der Waals surface area (Å²) in [5.74, 6) is 1.08. The number of hydrogen-bond donors (Lipinski definition) is 1. The number of rotatable bonds is 6. The second-order valence-corrected chi connectivity index (χ2v) is 5.44. The molecular formula is C15H21FN4O. The number of aromatic nitrogens is 3. The molecule has 6 heteroatoms. The summed E-state index contributed by atoms with van der Waals surface area (Å²) in [6, 6.07) is 4.62. The van der Waals surface area contributed by atoms with E-state index in [4.69, 9.17) is 10.5 Å². The van der Waals surface area contributed by atoms with Crippen molar-refractivity contribution in [3.8, 4) is 5.75 Å². The third-order valence-electron chi connectivity index (χ3n) is 3.06. The van der Waals surface area contributed by atoms with E-state index in [1.54, 1.807) is 10.7 Å². The van der Waals surface area contributed by atoms with Crippen LogP contribution in [0.5, 0.6) is 5.75 Å². The quantitative estimate of drug-likeness (QED) is 0.888. The minimum atomic E-state index is -0.289. The molecule has 114 valence electrons. The van der Waals surface area contributed by atoms with Crippen molar-refractivity contribution in [2.75, 3.05) is 0 Å². The molecule has 2 N–H and O–H groups in total. The van der Waals surface area contributed by atoms with Gasteiger partial charge in [0, 0.05) is 12.1 Å². The van der Waals surface area contributed by atoms with E-state index >= 15 is 0 Å². The summed E-state index contributed by atoms with van der Waals surface area (Å²) >= 11 is 0. The van der Waals surface area contributed by atoms with Crippen molar-refractivity contribution in [3.05, 3.63) is 41.7 Å². The number of nitrogens with two attached hydrogens (primary N) is 1. The van der Waals surface area contributed by atoms with Gasteiger partial charge < -0.3 is 10.5 Å². The minimum absolute atomic E-state index is 0.0616. The van der Waals surface area contributed by atoms with Crippen molar-refractivity contribution in [2.24, 2.45) is 5.73 Å². The average Bonchev–Trinajstić information content (AvgIpc) is 2.85. The molecule has 1 aromatic carbocycles. The zero-order chi connectivity index (χ0) is 15.4. The van der Waals surface area contributed by atoms with Crippen LogP contribution in [0.4, 0.5) is 4.39 Å². The first-order chi connectivity index (χ1) is 9.97. The molecule has 5 nitrogen and oxygen atoms in total. The van der Waals surface area contributed by atoms with E-state index in [1.165, 1.54) is 18.5 Å². The Morgan fingerprint density at radius 3 is 2.76 bits per heavy atom. The Hall–Kier alpha value is -1.95. The first-order valence-electron chi connectivity index (χ1n) is 7.02. The van der Waals surface area contributed by atoms with Gasteiger partial charge in [-0.25, -0.2) is 14.1 Å². The van der Waals surface area contributed by atoms with E-state index < -0.39 is 0 Å². The van der Waals surface area contributed by atoms with Crippen LogP contribution in [0.2, 0.25) is 0 Å². The van der Waals surface area contributed by atoms with Crippen LogP contribution in [0.3, 0.4) is 0 Å². The molecule has 0 aliphatic heterocycles. The van der Waals surface area contributed by atoms with Gasteiger partial charge in [-0.15, -0.1) is 0 Å². The van der Waals surface area contributed by atoms with Crippen molar-refractivity contribution in [3.63, 3.8) is 0 Å². The van der Waals surface area contributed by atoms with Crippen LogP contribution in [0.25, 0.3) is 0 Å². The van der Waals surface area contributed by atoms with Gasteiger partial charge in [-0.2, -0.15) is 5.10 Å². The Morgan fingerprint density at radius 1 is 1.33 bits per heavy atom. The number of ether oxygens (including phenoxy) is 1. The first kappa shape index (κ1) is 15.4. The van der Waals surface area contributed by atoms with Crippen molar-refractivity contribution < 1.29 is 9.13 Å². The van der Waals surface area contributed by atoms with Crippen LogP contribution in [-0.4, -0.2) is 20.8 Å². The van der Waals surface area contributed by atoms with E-state index in [9.17, 15) is 4.39 Å². The molecule has 1 unspecified atom stereocenters. The highest BCUT2D eigenvalue weighted by atomic mass is 19.1. The average molecular weight is 292 g/mol. The highest BCUT2D eigenvalue weighted by molar-refractivity contribution is 5.34. The van der Waals surface area contributed by atoms with Gasteiger partial charge in [0.2, 0.25) is 0 Å². The van der Waals surface area contributed by atoms with Gasteiger partial charge in [0.05, 0.1) is 0 Å². The predicted molar refractivity (Wildman–Crippen MR) is 78.5 cm³/mol. The highest BCUT2D eigenvalue weighted by Crippen LogP contribution is 2.22. The lowest BCUT2D eigenvalue weighted by Crippen LogP contribution is -2.18. The zero-order valence-corrected chi connectivity index (χ0v) is 12.6. The van der Waals surface area contributed by atoms with Crippen LogP contribution in [0.15, 0.2) is 24.5 Å². The van der Waals surface area contributed by atoms with Gasteiger partial charge in [-0.1, -0.05) is 0 Å². The predicted octanol–water partition coefficient (Wildman–Crippen LogP) is 2.47. The fourth-order valence-electron chi connectivity index (χ4n) is 2.15. The maximum Gasteiger partial charge on any atom is 0.165 e. The van der Waals surface area contributed by atoms with Crippen molar-refractivity contribution >= 4 is 0 Å². The fourth-order valence-corrected chi connectivity index (χ4v) is 2.15. The Labute approximate surface area is 123 Å². The lowest BCUT2D eigenvalue weighted by molar-refractivity contribution is 0.279. The molecule has 0 fully saturated rings. The van der Waals surface area contributed by atoms with Crippen LogP contribution < -0.4 is 10.5 Å². The van der Waals surface area contributed by atoms with Crippen LogP contribution in [-0.2, 0) is 13.0 Å². The summed E-state index contributed by atoms with van der Waals surface area (Å²) in [5, 5.41) is 4.16. The maximum absolute atomic E-state index is 13.4. The minimum Gasteiger partial charge on any atom is -0.485 e. The highest BCUT2D eigenvalue weighted by Gasteiger charge is 2.11. The SMILES string of the molecule is CC(N)Cc1cc(F)ccc1OCc1ncnn1C(C)C. The van der Waals surface area contributed by atoms with Crippen LogP contribution in [0.1, 0.15) is 38.2 Å². The summed E-state index contributed by atoms with van der Waals surface area (Å²) < 4.78 is 20.9. The molecule has 0 saturated heterocycles. The molecule has 1 aromatic heterocycles. The Bertz CT molecular complexity index is 595. The molecular weight excluding hydrogens is 271 g/mol. The van der Waals surface area contributed by atoms with E-state index in [-0.39, 0.29) is 24.5 Å². The van der Waals surface area contributed by atoms with E-state index in [1.807, 2.05) is 20.8 Å². The lowest BCUT2D eigenvalue weighted by Gasteiger charge is -2.14. The molecule has 0 bridgehead atoms. The third-order valence-corrected chi connectivity index (χ3v) is 3.06. The lowest BCUT2D eigenvalue weighted by atomic mass is 10.1. The molecule has 2 rings (SSSR count). The molecule has 0 aliphatic carbocycles. The summed E-state index contributed by atoms with van der Waals surface area (Å²) in [5.41, 5.74) is 6.56. The summed E-state index contributed by atoms with van der Waals surface area (Å²) in [6.07, 6.45) is 2.07. The summed E-state index contributed by atoms with van der Waals surface area (Å²) in [7, 11) is 0. The molecule has 1 heterocycles. The van der Waals surface area contributed by atoms with Gasteiger partial charge in [-0.3, -0.25) is 0 Å². The number of benzene rings is 1. The zero-order valence-electron chi connectivity index (χ0n) is 12.6. The van der Waals surface area contributed by atoms with Crippen molar-refractivity contribution in [1.82, 2.24) is 14.8 Å². The van der Waals surface area contributed by atoms with Gasteiger partial charge in [0.25, 0.3) is 0 Å². The molecule has 0 radical (unpaired) electrons. The number of halogens is 1. The monoisotopic (exact) mass is 292 g/mol. The second kappa shape index (κ2) is 6.67. The van der Waals surface area contributed by atoms with Gasteiger partial charge in [0.15, 0.2) is 5.82 Å². The van der Waals surface area contributed by atoms with Crippen molar-refractivity contribution in [1.29, 1.82) is 0 Å². The molecule has 0 amide bonds. The van der Waals surface area contributed by atoms with Gasteiger partial charge >= 0.3 is 0 Å². The molecule has 21 heavy (non-hydrogen) atoms. The maximum atomic E-state index is 13.4. The molecule has 1 atom stereocenters. The largest absolute Gasteiger partial charge is 0.485 e. The van der Waals surface area contributed by atoms with E-state index in [0.29, 0.717) is 12.2 Å². The fraction of sp³-hybridized carbons (Fsp3) is 0.467. The van der Waals surface area contributed by atoms with Crippen molar-refractivity contribution in [2.45, 2.75) is 45.9 Å². The number of nitrogens with zero attached hydrogens (tertiary/aromatic N) is 3. The molecule has 0 saturated carbocycles. The molecule has 0 aliphatic rings. The summed E-state index contributed by atoms with van der Waals surface area (Å²) in [6.45, 7) is 6.22. The van der Waals surface area contributed by atoms with Gasteiger partial charge in [-0.05, 0) is 51.0 Å². The Morgan fingerprint density at radius 2 is 2.10 bits per heavy atom. The number of hydrogen-bond acceptors (Lipinski definition) is 4. The molecule has 2 aromatic rings. The van der Waals surface area contributed by atoms with Crippen LogP contribution in [0, 0.1) is 5.82 Å². The second-order valence-electron chi connectivity index (χ2n) is 5.44. The Balaban J connectivity index is 2.14. The standard InChI is InChI=1S/C15H21FN4O/c1-10(2)20-15(18-9-19-20)8-21-14-5-4-13(16)7-12(14)6-11(3)17/h4-5,7,9-11H,6,8,17H2,1-3H3. The van der Waals surface area contributed by atoms with Gasteiger partial charge in [0.1, 0.15) is 24.5 Å². The smallest absolute Gasteiger partial charge is 0.165 e. The topological polar surface area (TPSA) is 66.0 Å². The van der Waals surface area contributed by atoms with E-state index in [0.717, 1.165) is 11.4 Å². The third kappa shape index (κ3) is 4.01. The molecule has 0 spiro atoms. The van der Waals surface area contributed by atoms with Crippen LogP contribution >= 0.6 is 0 Å². The van der Waals surface area contributed by atoms with E-state index in [2.05, 4.69) is 10.1 Å². The normalized spacial score (nSPS) is 12.7. The first-order valence-corrected chi connectivity index (χ1v) is 7.02.